The molecular formula is C16H23F3N4OSi. The van der Waals surface area contributed by atoms with Crippen molar-refractivity contribution >= 4 is 19.8 Å². The van der Waals surface area contributed by atoms with Gasteiger partial charge in [-0.15, -0.1) is 5.10 Å². The molecule has 3 heterocycles. The number of hydrogen-bond acceptors (Lipinski definition) is 4. The maximum Gasteiger partial charge on any atom is 0.435 e. The van der Waals surface area contributed by atoms with Crippen LogP contribution in [-0.4, -0.2) is 42.1 Å². The number of alkyl halides is 3. The minimum absolute atomic E-state index is 0.100. The van der Waals surface area contributed by atoms with E-state index in [0.717, 1.165) is 10.7 Å². The smallest absolute Gasteiger partial charge is 0.410 e. The molecule has 1 aliphatic heterocycles. The van der Waals surface area contributed by atoms with E-state index in [4.69, 9.17) is 4.43 Å². The van der Waals surface area contributed by atoms with Crippen molar-refractivity contribution in [1.82, 2.24) is 14.6 Å². The Labute approximate surface area is 145 Å². The van der Waals surface area contributed by atoms with Crippen LogP contribution in [0, 0.1) is 0 Å². The van der Waals surface area contributed by atoms with E-state index in [0.29, 0.717) is 18.9 Å². The van der Waals surface area contributed by atoms with Crippen molar-refractivity contribution in [3.8, 4) is 0 Å². The molecule has 3 rings (SSSR count). The molecule has 0 atom stereocenters. The Bertz CT molecular complexity index is 776. The Morgan fingerprint density at radius 2 is 1.80 bits per heavy atom. The molecule has 1 saturated heterocycles. The molecule has 0 spiro atoms. The highest BCUT2D eigenvalue weighted by Crippen LogP contribution is 2.38. The Kier molecular flexibility index (Phi) is 4.15. The largest absolute Gasteiger partial charge is 0.435 e. The van der Waals surface area contributed by atoms with E-state index in [1.165, 1.54) is 0 Å². The molecule has 0 unspecified atom stereocenters. The average molecular weight is 372 g/mol. The summed E-state index contributed by atoms with van der Waals surface area (Å²) in [6.07, 6.45) is -3.57. The van der Waals surface area contributed by atoms with Crippen molar-refractivity contribution in [1.29, 1.82) is 0 Å². The zero-order chi connectivity index (χ0) is 18.6. The molecule has 2 aromatic rings. The van der Waals surface area contributed by atoms with Crippen LogP contribution < -0.4 is 4.90 Å². The normalized spacial score (nSPS) is 17.2. The van der Waals surface area contributed by atoms with Crippen LogP contribution in [0.15, 0.2) is 18.3 Å². The quantitative estimate of drug-likeness (QED) is 0.765. The van der Waals surface area contributed by atoms with Crippen molar-refractivity contribution in [3.63, 3.8) is 0 Å². The van der Waals surface area contributed by atoms with Gasteiger partial charge < -0.3 is 9.33 Å². The van der Waals surface area contributed by atoms with Crippen LogP contribution in [0.1, 0.15) is 26.5 Å². The van der Waals surface area contributed by atoms with Crippen LogP contribution in [0.4, 0.5) is 19.0 Å². The Hall–Kier alpha value is -1.61. The summed E-state index contributed by atoms with van der Waals surface area (Å²) < 4.78 is 46.2. The molecule has 5 nitrogen and oxygen atoms in total. The van der Waals surface area contributed by atoms with Crippen LogP contribution in [0.2, 0.25) is 18.1 Å². The van der Waals surface area contributed by atoms with E-state index in [9.17, 15) is 13.2 Å². The van der Waals surface area contributed by atoms with Crippen LogP contribution in [-0.2, 0) is 10.6 Å². The van der Waals surface area contributed by atoms with Gasteiger partial charge in [-0.3, -0.25) is 0 Å². The van der Waals surface area contributed by atoms with Crippen LogP contribution in [0.5, 0.6) is 0 Å². The number of nitrogens with zero attached hydrogens (tertiary/aromatic N) is 4. The topological polar surface area (TPSA) is 42.7 Å². The van der Waals surface area contributed by atoms with E-state index in [2.05, 4.69) is 43.9 Å². The number of hydrogen-bond donors (Lipinski definition) is 0. The fraction of sp³-hybridized carbons (Fsp3) is 0.625. The summed E-state index contributed by atoms with van der Waals surface area (Å²) in [6.45, 7) is 12.2. The van der Waals surface area contributed by atoms with Gasteiger partial charge in [-0.25, -0.2) is 9.50 Å². The Balaban J connectivity index is 1.73. The number of rotatable bonds is 3. The standard InChI is InChI=1S/C16H23F3N4OSi/c1-15(2,3)25(4,5)24-11-9-22(10-11)14-7-6-13-20-8-12(16(17,18)19)23(13)21-14/h6-8,11H,9-10H2,1-5H3. The predicted octanol–water partition coefficient (Wildman–Crippen LogP) is 3.96. The lowest BCUT2D eigenvalue weighted by Crippen LogP contribution is -2.58. The number of halogens is 3. The molecule has 0 aliphatic carbocycles. The monoisotopic (exact) mass is 372 g/mol. The maximum absolute atomic E-state index is 13.0. The van der Waals surface area contributed by atoms with E-state index < -0.39 is 20.2 Å². The molecule has 1 aliphatic rings. The number of fused-ring (bicyclic) bond motifs is 1. The van der Waals surface area contributed by atoms with Gasteiger partial charge in [0.1, 0.15) is 5.82 Å². The van der Waals surface area contributed by atoms with Crippen LogP contribution in [0.3, 0.4) is 0 Å². The van der Waals surface area contributed by atoms with E-state index in [-0.39, 0.29) is 16.8 Å². The fourth-order valence-corrected chi connectivity index (χ4v) is 3.85. The summed E-state index contributed by atoms with van der Waals surface area (Å²) in [5, 5.41) is 4.25. The van der Waals surface area contributed by atoms with Crippen LogP contribution >= 0.6 is 0 Å². The predicted molar refractivity (Wildman–Crippen MR) is 92.3 cm³/mol. The highest BCUT2D eigenvalue weighted by atomic mass is 28.4. The molecule has 0 N–H and O–H groups in total. The van der Waals surface area contributed by atoms with Gasteiger partial charge >= 0.3 is 6.18 Å². The minimum atomic E-state index is -4.48. The number of imidazole rings is 1. The maximum atomic E-state index is 13.0. The first-order chi connectivity index (χ1) is 11.4. The molecule has 0 radical (unpaired) electrons. The third-order valence-electron chi connectivity index (χ3n) is 5.08. The van der Waals surface area contributed by atoms with Crippen molar-refractivity contribution in [2.24, 2.45) is 0 Å². The van der Waals surface area contributed by atoms with Gasteiger partial charge in [0.2, 0.25) is 0 Å². The van der Waals surface area contributed by atoms with Gasteiger partial charge in [-0.1, -0.05) is 20.8 Å². The first-order valence-electron chi connectivity index (χ1n) is 8.23. The molecule has 0 saturated carbocycles. The highest BCUT2D eigenvalue weighted by Gasteiger charge is 2.42. The molecular weight excluding hydrogens is 349 g/mol. The van der Waals surface area contributed by atoms with Gasteiger partial charge in [0.05, 0.1) is 12.3 Å². The summed E-state index contributed by atoms with van der Waals surface area (Å²) in [7, 11) is -1.85. The highest BCUT2D eigenvalue weighted by molar-refractivity contribution is 6.74. The second kappa shape index (κ2) is 5.70. The molecule has 1 fully saturated rings. The summed E-state index contributed by atoms with van der Waals surface area (Å²) >= 11 is 0. The van der Waals surface area contributed by atoms with Gasteiger partial charge in [-0.2, -0.15) is 13.2 Å². The summed E-state index contributed by atoms with van der Waals surface area (Å²) in [4.78, 5) is 5.69. The van der Waals surface area contributed by atoms with E-state index in [1.807, 2.05) is 4.90 Å². The average Bonchev–Trinajstić information content (AvgIpc) is 2.83. The lowest BCUT2D eigenvalue weighted by molar-refractivity contribution is -0.142. The lowest BCUT2D eigenvalue weighted by atomic mass is 10.2. The number of anilines is 1. The zero-order valence-electron chi connectivity index (χ0n) is 15.1. The molecule has 0 bridgehead atoms. The van der Waals surface area contributed by atoms with Gasteiger partial charge in [0, 0.05) is 13.1 Å². The van der Waals surface area contributed by atoms with E-state index in [1.54, 1.807) is 12.1 Å². The molecule has 0 amide bonds. The molecule has 2 aromatic heterocycles. The molecule has 0 aromatic carbocycles. The summed E-state index contributed by atoms with van der Waals surface area (Å²) in [6, 6.07) is 3.25. The van der Waals surface area contributed by atoms with Crippen molar-refractivity contribution in [3.05, 3.63) is 24.0 Å². The molecule has 9 heteroatoms. The number of aromatic nitrogens is 3. The first-order valence-corrected chi connectivity index (χ1v) is 11.1. The van der Waals surface area contributed by atoms with Gasteiger partial charge in [0.25, 0.3) is 0 Å². The summed E-state index contributed by atoms with van der Waals surface area (Å²) in [5.41, 5.74) is -0.676. The Morgan fingerprint density at radius 1 is 1.16 bits per heavy atom. The second-order valence-electron chi connectivity index (χ2n) is 8.01. The second-order valence-corrected chi connectivity index (χ2v) is 12.8. The van der Waals surface area contributed by atoms with Crippen molar-refractivity contribution in [2.75, 3.05) is 18.0 Å². The third kappa shape index (κ3) is 3.39. The summed E-state index contributed by atoms with van der Waals surface area (Å²) in [5.74, 6) is 0.506. The minimum Gasteiger partial charge on any atom is -0.410 e. The third-order valence-corrected chi connectivity index (χ3v) is 9.61. The van der Waals surface area contributed by atoms with E-state index >= 15 is 0 Å². The van der Waals surface area contributed by atoms with Crippen LogP contribution in [0.25, 0.3) is 5.65 Å². The van der Waals surface area contributed by atoms with Crippen molar-refractivity contribution in [2.45, 2.75) is 51.2 Å². The molecule has 25 heavy (non-hydrogen) atoms. The zero-order valence-corrected chi connectivity index (χ0v) is 16.1. The van der Waals surface area contributed by atoms with Gasteiger partial charge in [0.15, 0.2) is 19.7 Å². The van der Waals surface area contributed by atoms with Gasteiger partial charge in [-0.05, 0) is 30.3 Å². The van der Waals surface area contributed by atoms with Crippen molar-refractivity contribution < 1.29 is 17.6 Å². The SMILES string of the molecule is CC(C)(C)[Si](C)(C)OC1CN(c2ccc3ncc(C(F)(F)F)n3n2)C1. The first kappa shape index (κ1) is 18.2. The Morgan fingerprint density at radius 3 is 2.36 bits per heavy atom. The lowest BCUT2D eigenvalue weighted by Gasteiger charge is -2.46. The molecule has 138 valence electrons. The fourth-order valence-electron chi connectivity index (χ4n) is 2.52.